The van der Waals surface area contributed by atoms with Crippen molar-refractivity contribution in [3.8, 4) is 0 Å². The molecule has 0 radical (unpaired) electrons. The van der Waals surface area contributed by atoms with Gasteiger partial charge >= 0.3 is 0 Å². The molecule has 0 saturated carbocycles. The van der Waals surface area contributed by atoms with E-state index in [1.54, 1.807) is 0 Å². The fourth-order valence-electron chi connectivity index (χ4n) is 2.61. The van der Waals surface area contributed by atoms with E-state index in [0.29, 0.717) is 0 Å². The number of anilines is 2. The van der Waals surface area contributed by atoms with Gasteiger partial charge in [-0.3, -0.25) is 4.68 Å². The molecule has 3 rings (SSSR count). The molecule has 17 heavy (non-hydrogen) atoms. The number of benzene rings is 1. The molecule has 2 N–H and O–H groups in total. The summed E-state index contributed by atoms with van der Waals surface area (Å²) in [4.78, 5) is 2.39. The highest BCUT2D eigenvalue weighted by atomic mass is 15.2. The molecule has 1 aliphatic heterocycles. The molecule has 1 aliphatic rings. The maximum absolute atomic E-state index is 6.16. The predicted molar refractivity (Wildman–Crippen MR) is 71.2 cm³/mol. The number of hydrogen-bond acceptors (Lipinski definition) is 3. The van der Waals surface area contributed by atoms with Crippen molar-refractivity contribution in [2.24, 2.45) is 7.05 Å². The number of aryl methyl sites for hydroxylation is 1. The molecule has 90 valence electrons. The van der Waals surface area contributed by atoms with Crippen molar-refractivity contribution < 1.29 is 0 Å². The second kappa shape index (κ2) is 3.95. The van der Waals surface area contributed by atoms with Gasteiger partial charge in [-0.2, -0.15) is 5.10 Å². The second-order valence-electron chi connectivity index (χ2n) is 4.79. The van der Waals surface area contributed by atoms with Crippen LogP contribution in [0.15, 0.2) is 18.3 Å². The van der Waals surface area contributed by atoms with E-state index < -0.39 is 0 Å². The first-order valence-electron chi connectivity index (χ1n) is 6.22. The van der Waals surface area contributed by atoms with Crippen LogP contribution in [0.5, 0.6) is 0 Å². The standard InChI is InChI=1S/C13H18N4/c1-16-12-8-11(14)13(7-10(12)9-15-16)17-5-3-2-4-6-17/h7-9H,2-6,14H2,1H3. The quantitative estimate of drug-likeness (QED) is 0.763. The summed E-state index contributed by atoms with van der Waals surface area (Å²) in [6, 6.07) is 4.20. The molecule has 0 bridgehead atoms. The largest absolute Gasteiger partial charge is 0.397 e. The number of nitrogens with zero attached hydrogens (tertiary/aromatic N) is 3. The van der Waals surface area contributed by atoms with Gasteiger partial charge in [-0.1, -0.05) is 0 Å². The maximum atomic E-state index is 6.16. The summed E-state index contributed by atoms with van der Waals surface area (Å²) in [5.74, 6) is 0. The van der Waals surface area contributed by atoms with Crippen LogP contribution in [0.1, 0.15) is 19.3 Å². The molecular formula is C13H18N4. The van der Waals surface area contributed by atoms with Crippen molar-refractivity contribution in [1.29, 1.82) is 0 Å². The van der Waals surface area contributed by atoms with Gasteiger partial charge in [0.15, 0.2) is 0 Å². The summed E-state index contributed by atoms with van der Waals surface area (Å²) in [6.45, 7) is 2.24. The first-order valence-corrected chi connectivity index (χ1v) is 6.22. The SMILES string of the molecule is Cn1ncc2cc(N3CCCCC3)c(N)cc21. The number of rotatable bonds is 1. The maximum Gasteiger partial charge on any atom is 0.0701 e. The van der Waals surface area contributed by atoms with Crippen molar-refractivity contribution in [2.75, 3.05) is 23.7 Å². The van der Waals surface area contributed by atoms with Gasteiger partial charge in [0.25, 0.3) is 0 Å². The molecule has 2 heterocycles. The first kappa shape index (κ1) is 10.4. The fraction of sp³-hybridized carbons (Fsp3) is 0.462. The summed E-state index contributed by atoms with van der Waals surface area (Å²) in [5, 5.41) is 5.43. The molecule has 1 aromatic heterocycles. The Kier molecular flexibility index (Phi) is 2.42. The molecule has 0 unspecified atom stereocenters. The highest BCUT2D eigenvalue weighted by molar-refractivity contribution is 5.89. The van der Waals surface area contributed by atoms with E-state index in [1.165, 1.54) is 30.3 Å². The summed E-state index contributed by atoms with van der Waals surface area (Å²) in [6.07, 6.45) is 5.78. The zero-order valence-electron chi connectivity index (χ0n) is 10.2. The van der Waals surface area contributed by atoms with E-state index in [9.17, 15) is 0 Å². The minimum atomic E-state index is 0.864. The van der Waals surface area contributed by atoms with Crippen LogP contribution in [-0.4, -0.2) is 22.9 Å². The van der Waals surface area contributed by atoms with Crippen LogP contribution >= 0.6 is 0 Å². The van der Waals surface area contributed by atoms with E-state index in [0.717, 1.165) is 24.3 Å². The second-order valence-corrected chi connectivity index (χ2v) is 4.79. The van der Waals surface area contributed by atoms with E-state index in [2.05, 4.69) is 16.1 Å². The molecule has 1 fully saturated rings. The van der Waals surface area contributed by atoms with Crippen molar-refractivity contribution in [2.45, 2.75) is 19.3 Å². The minimum absolute atomic E-state index is 0.864. The van der Waals surface area contributed by atoms with Crippen LogP contribution < -0.4 is 10.6 Å². The Labute approximate surface area is 101 Å². The minimum Gasteiger partial charge on any atom is -0.397 e. The fourth-order valence-corrected chi connectivity index (χ4v) is 2.61. The number of aromatic nitrogens is 2. The van der Waals surface area contributed by atoms with Crippen LogP contribution in [0.3, 0.4) is 0 Å². The molecule has 0 aliphatic carbocycles. The van der Waals surface area contributed by atoms with Gasteiger partial charge in [0.1, 0.15) is 0 Å². The Balaban J connectivity index is 2.06. The Morgan fingerprint density at radius 2 is 1.94 bits per heavy atom. The monoisotopic (exact) mass is 230 g/mol. The molecule has 0 atom stereocenters. The zero-order valence-corrected chi connectivity index (χ0v) is 10.2. The van der Waals surface area contributed by atoms with Crippen molar-refractivity contribution in [3.05, 3.63) is 18.3 Å². The number of nitrogens with two attached hydrogens (primary N) is 1. The number of piperidine rings is 1. The van der Waals surface area contributed by atoms with Crippen molar-refractivity contribution in [3.63, 3.8) is 0 Å². The lowest BCUT2D eigenvalue weighted by Crippen LogP contribution is -2.29. The molecular weight excluding hydrogens is 212 g/mol. The number of hydrogen-bond donors (Lipinski definition) is 1. The van der Waals surface area contributed by atoms with Crippen LogP contribution in [0, 0.1) is 0 Å². The smallest absolute Gasteiger partial charge is 0.0701 e. The van der Waals surface area contributed by atoms with Gasteiger partial charge in [0.05, 0.1) is 23.1 Å². The molecule has 0 amide bonds. The van der Waals surface area contributed by atoms with Crippen LogP contribution in [0.2, 0.25) is 0 Å². The summed E-state index contributed by atoms with van der Waals surface area (Å²) in [7, 11) is 1.95. The Bertz CT molecular complexity index is 538. The van der Waals surface area contributed by atoms with Gasteiger partial charge in [0, 0.05) is 25.5 Å². The summed E-state index contributed by atoms with van der Waals surface area (Å²) >= 11 is 0. The van der Waals surface area contributed by atoms with Crippen LogP contribution in [0.25, 0.3) is 10.9 Å². The number of nitrogen functional groups attached to an aromatic ring is 1. The zero-order chi connectivity index (χ0) is 11.8. The van der Waals surface area contributed by atoms with Gasteiger partial charge in [-0.05, 0) is 31.4 Å². The average Bonchev–Trinajstić information content (AvgIpc) is 2.71. The highest BCUT2D eigenvalue weighted by Gasteiger charge is 2.15. The molecule has 1 aromatic carbocycles. The van der Waals surface area contributed by atoms with Gasteiger partial charge in [-0.25, -0.2) is 0 Å². The first-order chi connectivity index (χ1) is 8.25. The number of fused-ring (bicyclic) bond motifs is 1. The van der Waals surface area contributed by atoms with Crippen molar-refractivity contribution in [1.82, 2.24) is 9.78 Å². The third kappa shape index (κ3) is 1.73. The van der Waals surface area contributed by atoms with Gasteiger partial charge < -0.3 is 10.6 Å². The Hall–Kier alpha value is -1.71. The highest BCUT2D eigenvalue weighted by Crippen LogP contribution is 2.30. The molecule has 2 aromatic rings. The van der Waals surface area contributed by atoms with E-state index in [4.69, 9.17) is 5.73 Å². The average molecular weight is 230 g/mol. The van der Waals surface area contributed by atoms with Crippen LogP contribution in [-0.2, 0) is 7.05 Å². The van der Waals surface area contributed by atoms with E-state index >= 15 is 0 Å². The molecule has 4 heteroatoms. The third-order valence-corrected chi connectivity index (χ3v) is 3.59. The third-order valence-electron chi connectivity index (χ3n) is 3.59. The topological polar surface area (TPSA) is 47.1 Å². The van der Waals surface area contributed by atoms with E-state index in [1.807, 2.05) is 24.0 Å². The summed E-state index contributed by atoms with van der Waals surface area (Å²) in [5.41, 5.74) is 9.30. The van der Waals surface area contributed by atoms with Gasteiger partial charge in [0.2, 0.25) is 0 Å². The molecule has 4 nitrogen and oxygen atoms in total. The Morgan fingerprint density at radius 1 is 1.18 bits per heavy atom. The lowest BCUT2D eigenvalue weighted by Gasteiger charge is -2.29. The van der Waals surface area contributed by atoms with Gasteiger partial charge in [-0.15, -0.1) is 0 Å². The predicted octanol–water partition coefficient (Wildman–Crippen LogP) is 2.15. The Morgan fingerprint density at radius 3 is 2.71 bits per heavy atom. The summed E-state index contributed by atoms with van der Waals surface area (Å²) < 4.78 is 1.87. The lowest BCUT2D eigenvalue weighted by molar-refractivity contribution is 0.578. The van der Waals surface area contributed by atoms with Crippen molar-refractivity contribution >= 4 is 22.3 Å². The molecule has 0 spiro atoms. The van der Waals surface area contributed by atoms with Crippen LogP contribution in [0.4, 0.5) is 11.4 Å². The lowest BCUT2D eigenvalue weighted by atomic mass is 10.1. The van der Waals surface area contributed by atoms with E-state index in [-0.39, 0.29) is 0 Å². The normalized spacial score (nSPS) is 16.6. The molecule has 1 saturated heterocycles.